The third kappa shape index (κ3) is 5.15. The number of nitrogens with zero attached hydrogens (tertiary/aromatic N) is 3. The molecule has 6 nitrogen and oxygen atoms in total. The van der Waals surface area contributed by atoms with Gasteiger partial charge in [0.15, 0.2) is 5.84 Å². The monoisotopic (exact) mass is 733 g/mol. The first-order valence-electron chi connectivity index (χ1n) is 19.2. The summed E-state index contributed by atoms with van der Waals surface area (Å²) < 4.78 is 7.06. The summed E-state index contributed by atoms with van der Waals surface area (Å²) >= 11 is 0. The van der Waals surface area contributed by atoms with Gasteiger partial charge in [-0.15, -0.1) is 0 Å². The fourth-order valence-corrected chi connectivity index (χ4v) is 8.99. The van der Waals surface area contributed by atoms with Gasteiger partial charge in [-0.3, -0.25) is 4.98 Å². The van der Waals surface area contributed by atoms with E-state index >= 15 is 0 Å². The van der Waals surface area contributed by atoms with Gasteiger partial charge in [0.25, 0.3) is 0 Å². The summed E-state index contributed by atoms with van der Waals surface area (Å²) in [4.78, 5) is 15.2. The van der Waals surface area contributed by atoms with Crippen LogP contribution in [0.3, 0.4) is 0 Å². The fourth-order valence-electron chi connectivity index (χ4n) is 8.99. The molecule has 6 heteroatoms. The van der Waals surface area contributed by atoms with E-state index in [1.54, 1.807) is 0 Å². The van der Waals surface area contributed by atoms with E-state index in [-0.39, 0.29) is 6.17 Å². The van der Waals surface area contributed by atoms with Crippen molar-refractivity contribution < 1.29 is 4.74 Å². The maximum Gasteiger partial charge on any atom is 0.163 e. The molecule has 3 N–H and O–H groups in total. The van der Waals surface area contributed by atoms with E-state index in [4.69, 9.17) is 20.5 Å². The Morgan fingerprint density at radius 2 is 1.21 bits per heavy atom. The summed E-state index contributed by atoms with van der Waals surface area (Å²) in [6.07, 6.45) is 1.47. The Morgan fingerprint density at radius 1 is 0.544 bits per heavy atom. The molecular weight excluding hydrogens is 699 g/mol. The standard InChI is InChI=1S/C51H35N5O/c52-36-30-34(29-35(31-36)44-26-11-12-28-53-44)37-20-13-24-42-46(37)38-19-7-8-22-40(38)51(42)41-23-9-10-27-45(41)57-47-39(21-14-25-43(47)51)50-55-48(32-15-3-1-4-16-32)54-49(56-50)33-17-5-2-6-18-33/h1-31,48H,52H2,(H,54,55,56). The molecule has 0 saturated carbocycles. The molecule has 2 aliphatic heterocycles. The maximum absolute atomic E-state index is 7.06. The second-order valence-corrected chi connectivity index (χ2v) is 14.6. The number of anilines is 1. The first-order chi connectivity index (χ1) is 28.2. The van der Waals surface area contributed by atoms with Gasteiger partial charge in [0.1, 0.15) is 23.5 Å². The molecule has 0 amide bonds. The Bertz CT molecular complexity index is 2920. The van der Waals surface area contributed by atoms with Crippen LogP contribution in [0.4, 0.5) is 5.69 Å². The van der Waals surface area contributed by atoms with Crippen LogP contribution < -0.4 is 15.8 Å². The van der Waals surface area contributed by atoms with Crippen molar-refractivity contribution >= 4 is 17.4 Å². The van der Waals surface area contributed by atoms with Gasteiger partial charge in [-0.1, -0.05) is 140 Å². The van der Waals surface area contributed by atoms with Gasteiger partial charge in [0.05, 0.1) is 16.7 Å². The van der Waals surface area contributed by atoms with Gasteiger partial charge in [-0.05, 0) is 81.4 Å². The third-order valence-corrected chi connectivity index (χ3v) is 11.4. The molecule has 3 heterocycles. The van der Waals surface area contributed by atoms with Crippen LogP contribution in [0.25, 0.3) is 33.5 Å². The Balaban J connectivity index is 1.16. The number of pyridine rings is 1. The molecule has 0 saturated heterocycles. The van der Waals surface area contributed by atoms with E-state index in [0.29, 0.717) is 11.5 Å². The van der Waals surface area contributed by atoms with E-state index in [1.165, 1.54) is 22.3 Å². The molecule has 270 valence electrons. The van der Waals surface area contributed by atoms with Crippen molar-refractivity contribution in [2.45, 2.75) is 11.6 Å². The van der Waals surface area contributed by atoms with E-state index in [0.717, 1.165) is 67.5 Å². The number of nitrogens with one attached hydrogen (secondary N) is 1. The smallest absolute Gasteiger partial charge is 0.163 e. The zero-order valence-electron chi connectivity index (χ0n) is 30.8. The van der Waals surface area contributed by atoms with Crippen LogP contribution in [-0.2, 0) is 5.41 Å². The zero-order chi connectivity index (χ0) is 37.9. The highest BCUT2D eigenvalue weighted by molar-refractivity contribution is 6.14. The lowest BCUT2D eigenvalue weighted by Gasteiger charge is -2.40. The second kappa shape index (κ2) is 13.0. The van der Waals surface area contributed by atoms with Gasteiger partial charge in [-0.25, -0.2) is 9.98 Å². The molecule has 1 spiro atoms. The molecule has 0 radical (unpaired) electrons. The average Bonchev–Trinajstić information content (AvgIpc) is 3.57. The van der Waals surface area contributed by atoms with E-state index in [9.17, 15) is 0 Å². The predicted octanol–water partition coefficient (Wildman–Crippen LogP) is 11.0. The van der Waals surface area contributed by atoms with Crippen molar-refractivity contribution in [1.29, 1.82) is 0 Å². The number of aliphatic imine (C=N–C) groups is 2. The summed E-state index contributed by atoms with van der Waals surface area (Å²) in [5.74, 6) is 2.91. The minimum atomic E-state index is -0.704. The Kier molecular flexibility index (Phi) is 7.51. The van der Waals surface area contributed by atoms with Gasteiger partial charge >= 0.3 is 0 Å². The Morgan fingerprint density at radius 3 is 2.04 bits per heavy atom. The van der Waals surface area contributed by atoms with Crippen LogP contribution in [0, 0.1) is 0 Å². The SMILES string of the molecule is Nc1cc(-c2ccccn2)cc(-c2cccc3c2-c2ccccc2C32c3ccccc3Oc3c(C4=NC(c5ccccc5)NC(c5ccccc5)=N4)cccc32)c1. The number of para-hydroxylation sites is 2. The molecule has 7 aromatic carbocycles. The molecule has 1 aliphatic carbocycles. The third-order valence-electron chi connectivity index (χ3n) is 11.4. The lowest BCUT2D eigenvalue weighted by atomic mass is 9.65. The maximum atomic E-state index is 7.06. The summed E-state index contributed by atoms with van der Waals surface area (Å²) in [6, 6.07) is 63.1. The predicted molar refractivity (Wildman–Crippen MR) is 229 cm³/mol. The lowest BCUT2D eigenvalue weighted by Crippen LogP contribution is -2.35. The lowest BCUT2D eigenvalue weighted by molar-refractivity contribution is 0.435. The molecule has 1 aromatic heterocycles. The number of nitrogen functional groups attached to an aromatic ring is 1. The van der Waals surface area contributed by atoms with Crippen LogP contribution in [0.15, 0.2) is 198 Å². The van der Waals surface area contributed by atoms with E-state index in [1.807, 2.05) is 72.9 Å². The highest BCUT2D eigenvalue weighted by atomic mass is 16.5. The number of rotatable bonds is 5. The van der Waals surface area contributed by atoms with Crippen LogP contribution >= 0.6 is 0 Å². The molecule has 3 aliphatic rings. The Labute approximate surface area is 330 Å². The van der Waals surface area contributed by atoms with E-state index < -0.39 is 5.41 Å². The first kappa shape index (κ1) is 32.8. The van der Waals surface area contributed by atoms with Crippen LogP contribution in [-0.4, -0.2) is 16.7 Å². The van der Waals surface area contributed by atoms with Crippen molar-refractivity contribution in [3.63, 3.8) is 0 Å². The van der Waals surface area contributed by atoms with Crippen molar-refractivity contribution in [2.24, 2.45) is 9.98 Å². The fraction of sp³-hybridized carbons (Fsp3) is 0.0392. The largest absolute Gasteiger partial charge is 0.456 e. The Hall–Kier alpha value is -7.57. The van der Waals surface area contributed by atoms with Crippen LogP contribution in [0.2, 0.25) is 0 Å². The number of benzene rings is 7. The summed E-state index contributed by atoms with van der Waals surface area (Å²) in [5, 5.41) is 3.61. The van der Waals surface area contributed by atoms with Crippen LogP contribution in [0.1, 0.15) is 45.1 Å². The van der Waals surface area contributed by atoms with Crippen molar-refractivity contribution in [2.75, 3.05) is 5.73 Å². The quantitative estimate of drug-likeness (QED) is 0.173. The van der Waals surface area contributed by atoms with Crippen molar-refractivity contribution in [1.82, 2.24) is 10.3 Å². The van der Waals surface area contributed by atoms with Crippen LogP contribution in [0.5, 0.6) is 11.5 Å². The minimum Gasteiger partial charge on any atom is -0.456 e. The number of aromatic nitrogens is 1. The number of nitrogens with two attached hydrogens (primary N) is 1. The van der Waals surface area contributed by atoms with Gasteiger partial charge in [0.2, 0.25) is 0 Å². The normalized spacial score (nSPS) is 17.2. The number of ether oxygens (including phenoxy) is 1. The number of hydrogen-bond acceptors (Lipinski definition) is 6. The topological polar surface area (TPSA) is 84.9 Å². The molecule has 2 unspecified atom stereocenters. The highest BCUT2D eigenvalue weighted by Crippen LogP contribution is 2.64. The zero-order valence-corrected chi connectivity index (χ0v) is 30.8. The van der Waals surface area contributed by atoms with Crippen molar-refractivity contribution in [3.8, 4) is 45.0 Å². The van der Waals surface area contributed by atoms with Gasteiger partial charge in [0, 0.05) is 34.1 Å². The number of hydrogen-bond donors (Lipinski definition) is 2. The summed E-state index contributed by atoms with van der Waals surface area (Å²) in [6.45, 7) is 0. The molecule has 11 rings (SSSR count). The molecule has 2 atom stereocenters. The molecular formula is C51H35N5O. The summed E-state index contributed by atoms with van der Waals surface area (Å²) in [5.41, 5.74) is 20.3. The van der Waals surface area contributed by atoms with Gasteiger partial charge < -0.3 is 15.8 Å². The first-order valence-corrected chi connectivity index (χ1v) is 19.2. The summed E-state index contributed by atoms with van der Waals surface area (Å²) in [7, 11) is 0. The number of amidine groups is 2. The highest BCUT2D eigenvalue weighted by Gasteiger charge is 2.52. The second-order valence-electron chi connectivity index (χ2n) is 14.6. The van der Waals surface area contributed by atoms with Crippen molar-refractivity contribution in [3.05, 3.63) is 227 Å². The van der Waals surface area contributed by atoms with Gasteiger partial charge in [-0.2, -0.15) is 0 Å². The molecule has 57 heavy (non-hydrogen) atoms. The minimum absolute atomic E-state index is 0.348. The average molecular weight is 734 g/mol. The molecule has 0 bridgehead atoms. The number of fused-ring (bicyclic) bond motifs is 9. The molecule has 8 aromatic rings. The van der Waals surface area contributed by atoms with E-state index in [2.05, 4.69) is 126 Å². The molecule has 0 fully saturated rings.